The third-order valence-electron chi connectivity index (χ3n) is 4.07. The Morgan fingerprint density at radius 2 is 2.00 bits per heavy atom. The number of hydrogen-bond donors (Lipinski definition) is 0. The van der Waals surface area contributed by atoms with Gasteiger partial charge in [0.2, 0.25) is 0 Å². The summed E-state index contributed by atoms with van der Waals surface area (Å²) in [7, 11) is 0. The molecule has 1 aliphatic carbocycles. The minimum Gasteiger partial charge on any atom is -0.465 e. The Morgan fingerprint density at radius 3 is 2.50 bits per heavy atom. The van der Waals surface area contributed by atoms with Crippen LogP contribution >= 0.6 is 0 Å². The average molecular weight is 251 g/mol. The number of hydrogen-bond acceptors (Lipinski definition) is 3. The van der Waals surface area contributed by atoms with Crippen molar-refractivity contribution in [3.8, 4) is 6.07 Å². The van der Waals surface area contributed by atoms with E-state index in [1.165, 1.54) is 6.42 Å². The van der Waals surface area contributed by atoms with Crippen molar-refractivity contribution >= 4 is 5.97 Å². The maximum Gasteiger partial charge on any atom is 0.326 e. The number of nitrogens with zero attached hydrogens (tertiary/aromatic N) is 1. The van der Waals surface area contributed by atoms with E-state index >= 15 is 0 Å². The molecule has 3 nitrogen and oxygen atoms in total. The van der Waals surface area contributed by atoms with Gasteiger partial charge >= 0.3 is 5.97 Å². The quantitative estimate of drug-likeness (QED) is 0.674. The first-order valence-corrected chi connectivity index (χ1v) is 7.29. The molecule has 0 amide bonds. The smallest absolute Gasteiger partial charge is 0.326 e. The fourth-order valence-corrected chi connectivity index (χ4v) is 2.98. The fourth-order valence-electron chi connectivity index (χ4n) is 2.98. The van der Waals surface area contributed by atoms with Crippen LogP contribution in [-0.2, 0) is 9.53 Å². The first-order chi connectivity index (χ1) is 8.71. The standard InChI is InChI=1S/C15H25NO2/c1-3-5-11-15(12-16,14(17)18-4-2)13-9-7-6-8-10-13/h13H,3-11H2,1-2H3. The Balaban J connectivity index is 2.89. The molecule has 18 heavy (non-hydrogen) atoms. The van der Waals surface area contributed by atoms with Crippen LogP contribution in [-0.4, -0.2) is 12.6 Å². The lowest BCUT2D eigenvalue weighted by Gasteiger charge is -2.35. The minimum atomic E-state index is -0.882. The number of carbonyl (C=O) groups is 1. The van der Waals surface area contributed by atoms with Crippen molar-refractivity contribution in [2.24, 2.45) is 11.3 Å². The zero-order valence-corrected chi connectivity index (χ0v) is 11.7. The monoisotopic (exact) mass is 251 g/mol. The molecule has 1 fully saturated rings. The number of esters is 1. The Hall–Kier alpha value is -1.04. The van der Waals surface area contributed by atoms with Gasteiger partial charge in [0.25, 0.3) is 0 Å². The summed E-state index contributed by atoms with van der Waals surface area (Å²) in [5, 5.41) is 9.60. The second-order valence-corrected chi connectivity index (χ2v) is 5.24. The molecular weight excluding hydrogens is 226 g/mol. The maximum absolute atomic E-state index is 12.3. The van der Waals surface area contributed by atoms with Crippen molar-refractivity contribution in [2.75, 3.05) is 6.61 Å². The summed E-state index contributed by atoms with van der Waals surface area (Å²) >= 11 is 0. The number of nitriles is 1. The highest BCUT2D eigenvalue weighted by Crippen LogP contribution is 2.42. The largest absolute Gasteiger partial charge is 0.465 e. The lowest BCUT2D eigenvalue weighted by atomic mass is 9.67. The summed E-state index contributed by atoms with van der Waals surface area (Å²) in [6, 6.07) is 2.33. The molecule has 0 radical (unpaired) electrons. The molecular formula is C15H25NO2. The molecule has 0 aromatic heterocycles. The first-order valence-electron chi connectivity index (χ1n) is 7.29. The fraction of sp³-hybridized carbons (Fsp3) is 0.867. The van der Waals surface area contributed by atoms with Crippen LogP contribution < -0.4 is 0 Å². The zero-order chi connectivity index (χ0) is 13.4. The van der Waals surface area contributed by atoms with Crippen molar-refractivity contribution in [1.29, 1.82) is 5.26 Å². The highest BCUT2D eigenvalue weighted by Gasteiger charge is 2.46. The van der Waals surface area contributed by atoms with Gasteiger partial charge in [0.15, 0.2) is 5.41 Å². The second-order valence-electron chi connectivity index (χ2n) is 5.24. The molecule has 0 aromatic rings. The number of unbranched alkanes of at least 4 members (excludes halogenated alkanes) is 1. The molecule has 0 aromatic carbocycles. The highest BCUT2D eigenvalue weighted by atomic mass is 16.5. The van der Waals surface area contributed by atoms with E-state index in [2.05, 4.69) is 13.0 Å². The molecule has 1 aliphatic rings. The Labute approximate surface area is 111 Å². The Bertz CT molecular complexity index is 302. The van der Waals surface area contributed by atoms with Gasteiger partial charge < -0.3 is 4.74 Å². The molecule has 0 heterocycles. The lowest BCUT2D eigenvalue weighted by molar-refractivity contribution is -0.156. The van der Waals surface area contributed by atoms with E-state index in [1.807, 2.05) is 0 Å². The Kier molecular flexibility index (Phi) is 6.18. The van der Waals surface area contributed by atoms with Gasteiger partial charge in [-0.05, 0) is 32.1 Å². The third-order valence-corrected chi connectivity index (χ3v) is 4.07. The average Bonchev–Trinajstić information content (AvgIpc) is 2.42. The summed E-state index contributed by atoms with van der Waals surface area (Å²) in [4.78, 5) is 12.3. The van der Waals surface area contributed by atoms with Gasteiger partial charge in [-0.1, -0.05) is 39.0 Å². The van der Waals surface area contributed by atoms with Crippen LogP contribution in [0.1, 0.15) is 65.2 Å². The number of ether oxygens (including phenoxy) is 1. The summed E-state index contributed by atoms with van der Waals surface area (Å²) < 4.78 is 5.19. The zero-order valence-electron chi connectivity index (χ0n) is 11.7. The van der Waals surface area contributed by atoms with Crippen LogP contribution in [0.5, 0.6) is 0 Å². The molecule has 0 saturated heterocycles. The van der Waals surface area contributed by atoms with Crippen molar-refractivity contribution in [2.45, 2.75) is 65.2 Å². The highest BCUT2D eigenvalue weighted by molar-refractivity contribution is 5.80. The van der Waals surface area contributed by atoms with Crippen LogP contribution in [0.3, 0.4) is 0 Å². The molecule has 0 spiro atoms. The minimum absolute atomic E-state index is 0.196. The van der Waals surface area contributed by atoms with Gasteiger partial charge in [-0.3, -0.25) is 4.79 Å². The van der Waals surface area contributed by atoms with Crippen molar-refractivity contribution in [3.63, 3.8) is 0 Å². The molecule has 102 valence electrons. The molecule has 3 heteroatoms. The molecule has 0 N–H and O–H groups in total. The summed E-state index contributed by atoms with van der Waals surface area (Å²) in [6.07, 6.45) is 8.09. The summed E-state index contributed by atoms with van der Waals surface area (Å²) in [6.45, 7) is 4.26. The SMILES string of the molecule is CCCCC(C#N)(C(=O)OCC)C1CCCCC1. The Morgan fingerprint density at radius 1 is 1.33 bits per heavy atom. The normalized spacial score (nSPS) is 19.8. The van der Waals surface area contributed by atoms with Crippen LogP contribution in [0.25, 0.3) is 0 Å². The first kappa shape index (κ1) is 15.0. The van der Waals surface area contributed by atoms with Crippen LogP contribution in [0.15, 0.2) is 0 Å². The number of rotatable bonds is 6. The van der Waals surface area contributed by atoms with Crippen molar-refractivity contribution in [3.05, 3.63) is 0 Å². The molecule has 1 rings (SSSR count). The van der Waals surface area contributed by atoms with Gasteiger partial charge in [-0.15, -0.1) is 0 Å². The third kappa shape index (κ3) is 3.25. The van der Waals surface area contributed by atoms with E-state index < -0.39 is 5.41 Å². The van der Waals surface area contributed by atoms with E-state index in [-0.39, 0.29) is 11.9 Å². The topological polar surface area (TPSA) is 50.1 Å². The van der Waals surface area contributed by atoms with Gasteiger partial charge in [0.05, 0.1) is 12.7 Å². The molecule has 0 aliphatic heterocycles. The predicted octanol–water partition coefficient (Wildman–Crippen LogP) is 3.83. The van der Waals surface area contributed by atoms with Gasteiger partial charge in [0.1, 0.15) is 0 Å². The molecule has 0 bridgehead atoms. The predicted molar refractivity (Wildman–Crippen MR) is 70.8 cm³/mol. The lowest BCUT2D eigenvalue weighted by Crippen LogP contribution is -2.40. The van der Waals surface area contributed by atoms with Gasteiger partial charge in [0, 0.05) is 0 Å². The van der Waals surface area contributed by atoms with E-state index in [1.54, 1.807) is 6.92 Å². The summed E-state index contributed by atoms with van der Waals surface area (Å²) in [5.41, 5.74) is -0.882. The molecule has 1 unspecified atom stereocenters. The molecule has 1 saturated carbocycles. The van der Waals surface area contributed by atoms with Gasteiger partial charge in [-0.2, -0.15) is 5.26 Å². The van der Waals surface area contributed by atoms with Gasteiger partial charge in [-0.25, -0.2) is 0 Å². The van der Waals surface area contributed by atoms with E-state index in [0.717, 1.165) is 38.5 Å². The number of carbonyl (C=O) groups excluding carboxylic acids is 1. The van der Waals surface area contributed by atoms with E-state index in [4.69, 9.17) is 4.74 Å². The van der Waals surface area contributed by atoms with Crippen LogP contribution in [0, 0.1) is 22.7 Å². The molecule has 1 atom stereocenters. The summed E-state index contributed by atoms with van der Waals surface area (Å²) in [5.74, 6) is -0.0882. The van der Waals surface area contributed by atoms with Crippen LogP contribution in [0.2, 0.25) is 0 Å². The maximum atomic E-state index is 12.3. The van der Waals surface area contributed by atoms with Crippen LogP contribution in [0.4, 0.5) is 0 Å². The second kappa shape index (κ2) is 7.41. The van der Waals surface area contributed by atoms with Crippen molar-refractivity contribution < 1.29 is 9.53 Å². The van der Waals surface area contributed by atoms with E-state index in [9.17, 15) is 10.1 Å². The van der Waals surface area contributed by atoms with Crippen molar-refractivity contribution in [1.82, 2.24) is 0 Å². The van der Waals surface area contributed by atoms with E-state index in [0.29, 0.717) is 13.0 Å².